The lowest BCUT2D eigenvalue weighted by atomic mass is 9.84. The SMILES string of the molecule is C.C=C(CC)C(=O)CC(C)(C)C.CCC(CC)C(=O)CC(C)(C)C. The van der Waals surface area contributed by atoms with Crippen LogP contribution in [0.25, 0.3) is 0 Å². The van der Waals surface area contributed by atoms with E-state index in [9.17, 15) is 9.59 Å². The summed E-state index contributed by atoms with van der Waals surface area (Å²) < 4.78 is 0. The van der Waals surface area contributed by atoms with Crippen LogP contribution in [0.3, 0.4) is 0 Å². The van der Waals surface area contributed by atoms with Gasteiger partial charge >= 0.3 is 0 Å². The number of hydrogen-bond donors (Lipinski definition) is 0. The molecular formula is C22H44O2. The summed E-state index contributed by atoms with van der Waals surface area (Å²) in [7, 11) is 0. The number of allylic oxidation sites excluding steroid dienone is 1. The average molecular weight is 341 g/mol. The Morgan fingerprint density at radius 2 is 1.21 bits per heavy atom. The normalized spacial score (nSPS) is 11.2. The highest BCUT2D eigenvalue weighted by molar-refractivity contribution is 5.94. The van der Waals surface area contributed by atoms with Crippen molar-refractivity contribution in [3.8, 4) is 0 Å². The summed E-state index contributed by atoms with van der Waals surface area (Å²) in [6.07, 6.45) is 4.09. The molecule has 144 valence electrons. The van der Waals surface area contributed by atoms with Gasteiger partial charge in [0, 0.05) is 18.8 Å². The first-order valence-corrected chi connectivity index (χ1v) is 9.01. The lowest BCUT2D eigenvalue weighted by Crippen LogP contribution is -2.19. The van der Waals surface area contributed by atoms with Crippen molar-refractivity contribution in [2.45, 2.75) is 102 Å². The first-order chi connectivity index (χ1) is 10.3. The van der Waals surface area contributed by atoms with E-state index in [1.54, 1.807) is 0 Å². The van der Waals surface area contributed by atoms with Gasteiger partial charge in [-0.05, 0) is 35.7 Å². The summed E-state index contributed by atoms with van der Waals surface area (Å²) in [4.78, 5) is 22.9. The zero-order valence-electron chi connectivity index (χ0n) is 17.1. The van der Waals surface area contributed by atoms with E-state index >= 15 is 0 Å². The summed E-state index contributed by atoms with van der Waals surface area (Å²) in [6.45, 7) is 22.4. The van der Waals surface area contributed by atoms with Crippen LogP contribution < -0.4 is 0 Å². The van der Waals surface area contributed by atoms with Gasteiger partial charge in [0.2, 0.25) is 0 Å². The molecule has 0 radical (unpaired) electrons. The molecule has 0 saturated heterocycles. The number of hydrogen-bond acceptors (Lipinski definition) is 2. The molecule has 24 heavy (non-hydrogen) atoms. The minimum Gasteiger partial charge on any atom is -0.299 e. The quantitative estimate of drug-likeness (QED) is 0.466. The summed E-state index contributed by atoms with van der Waals surface area (Å²) in [5, 5.41) is 0. The lowest BCUT2D eigenvalue weighted by Gasteiger charge is -2.20. The van der Waals surface area contributed by atoms with Crippen LogP contribution in [-0.2, 0) is 9.59 Å². The number of Topliss-reactive ketones (excluding diaryl/α,β-unsaturated/α-hetero) is 2. The van der Waals surface area contributed by atoms with E-state index in [2.05, 4.69) is 62.0 Å². The van der Waals surface area contributed by atoms with Crippen molar-refractivity contribution in [2.24, 2.45) is 16.7 Å². The van der Waals surface area contributed by atoms with Crippen LogP contribution in [0.4, 0.5) is 0 Å². The lowest BCUT2D eigenvalue weighted by molar-refractivity contribution is -0.124. The maximum absolute atomic E-state index is 11.6. The number of carbonyl (C=O) groups is 2. The second-order valence-electron chi connectivity index (χ2n) is 8.83. The summed E-state index contributed by atoms with van der Waals surface area (Å²) >= 11 is 0. The van der Waals surface area contributed by atoms with Gasteiger partial charge in [-0.1, -0.05) is 76.3 Å². The highest BCUT2D eigenvalue weighted by Gasteiger charge is 2.21. The summed E-state index contributed by atoms with van der Waals surface area (Å²) in [5.41, 5.74) is 0.995. The predicted octanol–water partition coefficient (Wildman–Crippen LogP) is 7.02. The van der Waals surface area contributed by atoms with Gasteiger partial charge < -0.3 is 0 Å². The van der Waals surface area contributed by atoms with Crippen LogP contribution in [-0.4, -0.2) is 11.6 Å². The number of ketones is 2. The van der Waals surface area contributed by atoms with E-state index in [-0.39, 0.29) is 24.0 Å². The standard InChI is InChI=1S/C11H22O.C10H18O.CH4/c1-6-9(7-2)10(12)8-11(3,4)5;1-6-8(2)9(11)7-10(3,4)5;/h9H,6-8H2,1-5H3;2,6-7H2,1,3-5H3;1H4. The molecule has 0 saturated carbocycles. The van der Waals surface area contributed by atoms with Gasteiger partial charge in [-0.3, -0.25) is 9.59 Å². The van der Waals surface area contributed by atoms with Crippen LogP contribution in [0.1, 0.15) is 102 Å². The van der Waals surface area contributed by atoms with Gasteiger partial charge in [-0.2, -0.15) is 0 Å². The van der Waals surface area contributed by atoms with Crippen molar-refractivity contribution in [1.29, 1.82) is 0 Å². The van der Waals surface area contributed by atoms with Crippen molar-refractivity contribution in [3.05, 3.63) is 12.2 Å². The molecular weight excluding hydrogens is 296 g/mol. The topological polar surface area (TPSA) is 34.1 Å². The summed E-state index contributed by atoms with van der Waals surface area (Å²) in [6, 6.07) is 0. The molecule has 0 aromatic carbocycles. The van der Waals surface area contributed by atoms with E-state index in [1.807, 2.05) is 6.92 Å². The van der Waals surface area contributed by atoms with E-state index in [1.165, 1.54) is 0 Å². The van der Waals surface area contributed by atoms with E-state index in [4.69, 9.17) is 0 Å². The van der Waals surface area contributed by atoms with Gasteiger partial charge in [0.1, 0.15) is 5.78 Å². The van der Waals surface area contributed by atoms with Crippen LogP contribution in [0.5, 0.6) is 0 Å². The van der Waals surface area contributed by atoms with Gasteiger partial charge in [-0.15, -0.1) is 0 Å². The smallest absolute Gasteiger partial charge is 0.158 e. The van der Waals surface area contributed by atoms with Gasteiger partial charge in [0.15, 0.2) is 5.78 Å². The number of carbonyl (C=O) groups excluding carboxylic acids is 2. The van der Waals surface area contributed by atoms with E-state index < -0.39 is 0 Å². The van der Waals surface area contributed by atoms with Crippen molar-refractivity contribution < 1.29 is 9.59 Å². The second-order valence-corrected chi connectivity index (χ2v) is 8.83. The fraction of sp³-hybridized carbons (Fsp3) is 0.818. The molecule has 0 atom stereocenters. The highest BCUT2D eigenvalue weighted by Crippen LogP contribution is 2.23. The molecule has 0 aromatic rings. The Labute approximate surface area is 152 Å². The monoisotopic (exact) mass is 340 g/mol. The largest absolute Gasteiger partial charge is 0.299 e. The Morgan fingerprint density at radius 1 is 0.833 bits per heavy atom. The van der Waals surface area contributed by atoms with Crippen LogP contribution >= 0.6 is 0 Å². The predicted molar refractivity (Wildman–Crippen MR) is 108 cm³/mol. The molecule has 0 aliphatic heterocycles. The minimum absolute atomic E-state index is 0. The maximum atomic E-state index is 11.6. The van der Waals surface area contributed by atoms with E-state index in [0.717, 1.165) is 31.3 Å². The number of rotatable bonds is 7. The van der Waals surface area contributed by atoms with Crippen molar-refractivity contribution in [1.82, 2.24) is 0 Å². The molecule has 0 bridgehead atoms. The Kier molecular flexibility index (Phi) is 14.5. The molecule has 2 nitrogen and oxygen atoms in total. The molecule has 0 aliphatic carbocycles. The third-order valence-electron chi connectivity index (χ3n) is 3.66. The molecule has 0 N–H and O–H groups in total. The average Bonchev–Trinajstić information content (AvgIpc) is 2.35. The first-order valence-electron chi connectivity index (χ1n) is 9.01. The van der Waals surface area contributed by atoms with Crippen molar-refractivity contribution in [2.75, 3.05) is 0 Å². The molecule has 0 unspecified atom stereocenters. The molecule has 0 spiro atoms. The molecule has 0 aromatic heterocycles. The second kappa shape index (κ2) is 12.4. The third-order valence-corrected chi connectivity index (χ3v) is 3.66. The molecule has 0 heterocycles. The molecule has 2 heteroatoms. The van der Waals surface area contributed by atoms with Crippen LogP contribution in [0.15, 0.2) is 12.2 Å². The van der Waals surface area contributed by atoms with Gasteiger partial charge in [0.25, 0.3) is 0 Å². The van der Waals surface area contributed by atoms with Gasteiger partial charge in [0.05, 0.1) is 0 Å². The Balaban J connectivity index is -0.000000354. The van der Waals surface area contributed by atoms with E-state index in [0.29, 0.717) is 18.1 Å². The fourth-order valence-electron chi connectivity index (χ4n) is 2.21. The van der Waals surface area contributed by atoms with Crippen LogP contribution in [0, 0.1) is 16.7 Å². The molecule has 0 rings (SSSR count). The van der Waals surface area contributed by atoms with Gasteiger partial charge in [-0.25, -0.2) is 0 Å². The molecule has 0 fully saturated rings. The molecule has 0 aliphatic rings. The van der Waals surface area contributed by atoms with Crippen molar-refractivity contribution in [3.63, 3.8) is 0 Å². The Morgan fingerprint density at radius 3 is 1.46 bits per heavy atom. The zero-order chi connectivity index (χ0) is 18.8. The van der Waals surface area contributed by atoms with Crippen molar-refractivity contribution >= 4 is 11.6 Å². The Hall–Kier alpha value is -0.920. The highest BCUT2D eigenvalue weighted by atomic mass is 16.1. The first kappa shape index (κ1) is 27.9. The van der Waals surface area contributed by atoms with Crippen LogP contribution in [0.2, 0.25) is 0 Å². The maximum Gasteiger partial charge on any atom is 0.158 e. The Bertz CT molecular complexity index is 374. The summed E-state index contributed by atoms with van der Waals surface area (Å²) in [5.74, 6) is 0.941. The zero-order valence-corrected chi connectivity index (χ0v) is 17.1. The fourth-order valence-corrected chi connectivity index (χ4v) is 2.21. The molecule has 0 amide bonds. The minimum atomic E-state index is 0. The third kappa shape index (κ3) is 16.0.